The van der Waals surface area contributed by atoms with Gasteiger partial charge in [-0.25, -0.2) is 0 Å². The van der Waals surface area contributed by atoms with Crippen LogP contribution in [0.15, 0.2) is 24.3 Å². The number of nitriles is 1. The molecule has 3 rings (SSSR count). The molecule has 2 heteroatoms. The lowest BCUT2D eigenvalue weighted by Gasteiger charge is -2.43. The van der Waals surface area contributed by atoms with Crippen LogP contribution in [0.4, 0.5) is 0 Å². The van der Waals surface area contributed by atoms with Crippen LogP contribution in [0.3, 0.4) is 0 Å². The third-order valence-corrected chi connectivity index (χ3v) is 4.91. The van der Waals surface area contributed by atoms with Crippen molar-refractivity contribution in [3.05, 3.63) is 35.4 Å². The fourth-order valence-corrected chi connectivity index (χ4v) is 3.88. The molecule has 0 aromatic heterocycles. The van der Waals surface area contributed by atoms with Gasteiger partial charge in [0.25, 0.3) is 0 Å². The third-order valence-electron chi connectivity index (χ3n) is 4.91. The minimum atomic E-state index is -0.813. The Morgan fingerprint density at radius 1 is 1.06 bits per heavy atom. The smallest absolute Gasteiger partial charge is 0.111 e. The molecule has 2 aliphatic rings. The molecule has 2 nitrogen and oxygen atoms in total. The molecule has 0 saturated heterocycles. The minimum absolute atomic E-state index is 0.663. The largest absolute Gasteiger partial charge is 0.388 e. The lowest BCUT2D eigenvalue weighted by atomic mass is 9.63. The van der Waals surface area contributed by atoms with Crippen LogP contribution in [0.25, 0.3) is 0 Å². The Kier molecular flexibility index (Phi) is 2.68. The standard InChI is InChI=1S/C16H19NO/c17-12-15(16(18)9-4-1-5-10-16)11-8-13-6-2-3-7-14(13)15/h2-3,6-7,18H,1,4-5,8-11H2. The van der Waals surface area contributed by atoms with Crippen molar-refractivity contribution >= 4 is 0 Å². The van der Waals surface area contributed by atoms with Crippen LogP contribution < -0.4 is 0 Å². The number of hydrogen-bond acceptors (Lipinski definition) is 2. The van der Waals surface area contributed by atoms with Gasteiger partial charge in [-0.05, 0) is 36.8 Å². The van der Waals surface area contributed by atoms with E-state index in [0.717, 1.165) is 44.1 Å². The molecule has 0 bridgehead atoms. The van der Waals surface area contributed by atoms with E-state index >= 15 is 0 Å². The molecule has 1 aromatic carbocycles. The molecule has 94 valence electrons. The number of fused-ring (bicyclic) bond motifs is 1. The normalized spacial score (nSPS) is 29.6. The Balaban J connectivity index is 2.10. The van der Waals surface area contributed by atoms with Crippen molar-refractivity contribution in [3.8, 4) is 6.07 Å². The van der Waals surface area contributed by atoms with Crippen molar-refractivity contribution in [2.45, 2.75) is 56.0 Å². The van der Waals surface area contributed by atoms with Gasteiger partial charge in [-0.1, -0.05) is 43.5 Å². The highest BCUT2D eigenvalue weighted by atomic mass is 16.3. The molecule has 1 atom stereocenters. The first-order valence-electron chi connectivity index (χ1n) is 6.94. The zero-order valence-corrected chi connectivity index (χ0v) is 10.7. The quantitative estimate of drug-likeness (QED) is 0.821. The summed E-state index contributed by atoms with van der Waals surface area (Å²) in [5.74, 6) is 0. The number of aliphatic hydroxyl groups is 1. The zero-order chi connectivity index (χ0) is 12.6. The second-order valence-corrected chi connectivity index (χ2v) is 5.77. The van der Waals surface area contributed by atoms with Gasteiger partial charge in [-0.2, -0.15) is 5.26 Å². The van der Waals surface area contributed by atoms with E-state index < -0.39 is 11.0 Å². The van der Waals surface area contributed by atoms with Crippen LogP contribution >= 0.6 is 0 Å². The summed E-state index contributed by atoms with van der Waals surface area (Å²) in [6, 6.07) is 10.6. The number of benzene rings is 1. The average Bonchev–Trinajstić information content (AvgIpc) is 2.80. The van der Waals surface area contributed by atoms with Crippen molar-refractivity contribution in [1.29, 1.82) is 5.26 Å². The van der Waals surface area contributed by atoms with E-state index in [1.54, 1.807) is 0 Å². The molecule has 1 aromatic rings. The molecule has 1 saturated carbocycles. The molecule has 0 amide bonds. The number of rotatable bonds is 1. The molecule has 0 aliphatic heterocycles. The molecule has 0 spiro atoms. The van der Waals surface area contributed by atoms with Crippen molar-refractivity contribution in [2.24, 2.45) is 0 Å². The van der Waals surface area contributed by atoms with E-state index in [9.17, 15) is 10.4 Å². The topological polar surface area (TPSA) is 44.0 Å². The lowest BCUT2D eigenvalue weighted by Crippen LogP contribution is -2.50. The molecule has 2 aliphatic carbocycles. The maximum absolute atomic E-state index is 11.0. The highest BCUT2D eigenvalue weighted by Crippen LogP contribution is 2.51. The fraction of sp³-hybridized carbons (Fsp3) is 0.562. The highest BCUT2D eigenvalue weighted by Gasteiger charge is 2.54. The van der Waals surface area contributed by atoms with Gasteiger partial charge < -0.3 is 5.11 Å². The van der Waals surface area contributed by atoms with Crippen molar-refractivity contribution in [1.82, 2.24) is 0 Å². The van der Waals surface area contributed by atoms with E-state index in [1.807, 2.05) is 18.2 Å². The van der Waals surface area contributed by atoms with Crippen LogP contribution in [-0.4, -0.2) is 10.7 Å². The van der Waals surface area contributed by atoms with Crippen LogP contribution in [0.5, 0.6) is 0 Å². The molecule has 0 radical (unpaired) electrons. The molecule has 0 heterocycles. The first kappa shape index (κ1) is 11.7. The van der Waals surface area contributed by atoms with Crippen LogP contribution in [0, 0.1) is 11.3 Å². The third kappa shape index (κ3) is 1.44. The van der Waals surface area contributed by atoms with Crippen molar-refractivity contribution in [3.63, 3.8) is 0 Å². The van der Waals surface area contributed by atoms with Crippen LogP contribution in [-0.2, 0) is 11.8 Å². The number of aryl methyl sites for hydroxylation is 1. The van der Waals surface area contributed by atoms with Gasteiger partial charge in [-0.15, -0.1) is 0 Å². The summed E-state index contributed by atoms with van der Waals surface area (Å²) in [5.41, 5.74) is 0.853. The second kappa shape index (κ2) is 4.10. The van der Waals surface area contributed by atoms with Gasteiger partial charge in [0, 0.05) is 0 Å². The van der Waals surface area contributed by atoms with Gasteiger partial charge in [0.15, 0.2) is 0 Å². The van der Waals surface area contributed by atoms with Crippen molar-refractivity contribution in [2.75, 3.05) is 0 Å². The summed E-state index contributed by atoms with van der Waals surface area (Å²) in [6.45, 7) is 0. The molecular weight excluding hydrogens is 222 g/mol. The SMILES string of the molecule is N#CC1(C2(O)CCCCC2)CCc2ccccc21. The lowest BCUT2D eigenvalue weighted by molar-refractivity contribution is -0.0476. The summed E-state index contributed by atoms with van der Waals surface area (Å²) in [7, 11) is 0. The maximum Gasteiger partial charge on any atom is 0.111 e. The van der Waals surface area contributed by atoms with Gasteiger partial charge in [0.2, 0.25) is 0 Å². The van der Waals surface area contributed by atoms with Crippen LogP contribution in [0.2, 0.25) is 0 Å². The van der Waals surface area contributed by atoms with Gasteiger partial charge in [0.1, 0.15) is 5.41 Å². The van der Waals surface area contributed by atoms with Gasteiger partial charge >= 0.3 is 0 Å². The van der Waals surface area contributed by atoms with Gasteiger partial charge in [-0.3, -0.25) is 0 Å². The van der Waals surface area contributed by atoms with Crippen molar-refractivity contribution < 1.29 is 5.11 Å². The van der Waals surface area contributed by atoms with E-state index in [4.69, 9.17) is 0 Å². The Hall–Kier alpha value is -1.33. The molecule has 18 heavy (non-hydrogen) atoms. The molecule has 1 fully saturated rings. The first-order valence-corrected chi connectivity index (χ1v) is 6.94. The predicted octanol–water partition coefficient (Wildman–Crippen LogP) is 3.09. The molecule has 1 N–H and O–H groups in total. The average molecular weight is 241 g/mol. The Labute approximate surface area is 108 Å². The Bertz CT molecular complexity index is 496. The number of nitrogens with zero attached hydrogens (tertiary/aromatic N) is 1. The van der Waals surface area contributed by atoms with E-state index in [2.05, 4.69) is 12.1 Å². The maximum atomic E-state index is 11.0. The zero-order valence-electron chi connectivity index (χ0n) is 10.7. The summed E-state index contributed by atoms with van der Waals surface area (Å²) in [6.07, 6.45) is 6.52. The summed E-state index contributed by atoms with van der Waals surface area (Å²) in [5, 5.41) is 20.8. The molecular formula is C16H19NO. The summed E-state index contributed by atoms with van der Waals surface area (Å²) >= 11 is 0. The van der Waals surface area contributed by atoms with E-state index in [1.165, 1.54) is 12.0 Å². The predicted molar refractivity (Wildman–Crippen MR) is 70.1 cm³/mol. The fourth-order valence-electron chi connectivity index (χ4n) is 3.88. The Morgan fingerprint density at radius 2 is 1.78 bits per heavy atom. The number of hydrogen-bond donors (Lipinski definition) is 1. The van der Waals surface area contributed by atoms with Crippen LogP contribution in [0.1, 0.15) is 49.7 Å². The Morgan fingerprint density at radius 3 is 2.50 bits per heavy atom. The first-order chi connectivity index (χ1) is 8.72. The monoisotopic (exact) mass is 241 g/mol. The minimum Gasteiger partial charge on any atom is -0.388 e. The van der Waals surface area contributed by atoms with Gasteiger partial charge in [0.05, 0.1) is 11.7 Å². The van der Waals surface area contributed by atoms with E-state index in [0.29, 0.717) is 0 Å². The second-order valence-electron chi connectivity index (χ2n) is 5.77. The summed E-state index contributed by atoms with van der Waals surface area (Å²) in [4.78, 5) is 0. The summed E-state index contributed by atoms with van der Waals surface area (Å²) < 4.78 is 0. The van der Waals surface area contributed by atoms with E-state index in [-0.39, 0.29) is 0 Å². The highest BCUT2D eigenvalue weighted by molar-refractivity contribution is 5.47. The molecule has 1 unspecified atom stereocenters.